The zero-order chi connectivity index (χ0) is 36.8. The van der Waals surface area contributed by atoms with Crippen LogP contribution in [0.2, 0.25) is 0 Å². The van der Waals surface area contributed by atoms with Gasteiger partial charge in [0.15, 0.2) is 9.84 Å². The first-order valence-electron chi connectivity index (χ1n) is 20.2. The predicted octanol–water partition coefficient (Wildman–Crippen LogP) is 7.96. The third kappa shape index (κ3) is 5.69. The SMILES string of the molecule is CC(C)[C@@H]1CC[C@]2(C(=O)NCCN3CCS(=O)(=O)CC3)CC[C@]3(C)[C@H](CC[C@@H]4[C@@]5(C)CC=C(c6ccc(C(=O)O)cc6)C(C)(C)[C@@H]5CC[C@]43C)[C@@H]12. The summed E-state index contributed by atoms with van der Waals surface area (Å²) in [6.07, 6.45) is 12.7. The molecule has 7 nitrogen and oxygen atoms in total. The predicted molar refractivity (Wildman–Crippen MR) is 204 cm³/mol. The highest BCUT2D eigenvalue weighted by Gasteiger charge is 2.71. The topological polar surface area (TPSA) is 104 Å². The third-order valence-corrected chi connectivity index (χ3v) is 18.6. The minimum atomic E-state index is -2.91. The number of aromatic carboxylic acids is 1. The molecular formula is C43H64N2O5S. The van der Waals surface area contributed by atoms with Crippen LogP contribution in [0, 0.1) is 62.6 Å². The van der Waals surface area contributed by atoms with Gasteiger partial charge in [0.1, 0.15) is 0 Å². The number of hydrogen-bond acceptors (Lipinski definition) is 5. The van der Waals surface area contributed by atoms with Crippen molar-refractivity contribution < 1.29 is 23.1 Å². The number of carbonyl (C=O) groups excluding carboxylic acids is 1. The Kier molecular flexibility index (Phi) is 9.25. The number of fused-ring (bicyclic) bond motifs is 7. The Balaban J connectivity index is 1.14. The van der Waals surface area contributed by atoms with E-state index in [4.69, 9.17) is 0 Å². The highest BCUT2D eigenvalue weighted by atomic mass is 32.2. The molecule has 2 N–H and O–H groups in total. The van der Waals surface area contributed by atoms with Crippen LogP contribution in [0.3, 0.4) is 0 Å². The van der Waals surface area contributed by atoms with E-state index in [9.17, 15) is 23.1 Å². The average molecular weight is 721 g/mol. The summed E-state index contributed by atoms with van der Waals surface area (Å²) in [5, 5.41) is 12.9. The van der Waals surface area contributed by atoms with Crippen LogP contribution < -0.4 is 5.32 Å². The number of carboxylic acids is 1. The van der Waals surface area contributed by atoms with Crippen molar-refractivity contribution in [3.05, 3.63) is 41.5 Å². The second-order valence-electron chi connectivity index (χ2n) is 19.5. The van der Waals surface area contributed by atoms with Gasteiger partial charge >= 0.3 is 5.97 Å². The average Bonchev–Trinajstić information content (AvgIpc) is 3.47. The van der Waals surface area contributed by atoms with E-state index in [0.717, 1.165) is 44.2 Å². The number of rotatable bonds is 7. The molecule has 0 aromatic heterocycles. The van der Waals surface area contributed by atoms with E-state index in [-0.39, 0.29) is 44.5 Å². The van der Waals surface area contributed by atoms with Gasteiger partial charge in [0, 0.05) is 26.2 Å². The van der Waals surface area contributed by atoms with Gasteiger partial charge in [-0.2, -0.15) is 0 Å². The zero-order valence-electron chi connectivity index (χ0n) is 32.4. The monoisotopic (exact) mass is 720 g/mol. The summed E-state index contributed by atoms with van der Waals surface area (Å²) in [6.45, 7) is 20.0. The number of allylic oxidation sites excluding steroid dienone is 2. The van der Waals surface area contributed by atoms with E-state index >= 15 is 0 Å². The highest BCUT2D eigenvalue weighted by molar-refractivity contribution is 7.91. The third-order valence-electron chi connectivity index (χ3n) is 17.0. The Hall–Kier alpha value is -2.19. The van der Waals surface area contributed by atoms with Crippen molar-refractivity contribution in [3.63, 3.8) is 0 Å². The molecule has 1 aromatic carbocycles. The molecule has 1 saturated heterocycles. The molecule has 4 saturated carbocycles. The van der Waals surface area contributed by atoms with E-state index in [1.165, 1.54) is 31.3 Å². The van der Waals surface area contributed by atoms with Crippen LogP contribution in [0.4, 0.5) is 0 Å². The number of carbonyl (C=O) groups is 2. The van der Waals surface area contributed by atoms with Crippen LogP contribution in [0.15, 0.2) is 30.3 Å². The molecule has 5 aliphatic carbocycles. The van der Waals surface area contributed by atoms with Gasteiger partial charge < -0.3 is 10.4 Å². The van der Waals surface area contributed by atoms with Crippen molar-refractivity contribution in [2.75, 3.05) is 37.7 Å². The Morgan fingerprint density at radius 2 is 1.57 bits per heavy atom. The van der Waals surface area contributed by atoms with Gasteiger partial charge in [-0.05, 0) is 138 Å². The van der Waals surface area contributed by atoms with Crippen LogP contribution in [0.5, 0.6) is 0 Å². The minimum absolute atomic E-state index is 0.0206. The molecule has 0 bridgehead atoms. The normalized spacial score (nSPS) is 41.4. The molecule has 1 aliphatic heterocycles. The first kappa shape index (κ1) is 37.1. The van der Waals surface area contributed by atoms with E-state index in [1.54, 1.807) is 12.1 Å². The molecule has 0 spiro atoms. The van der Waals surface area contributed by atoms with Gasteiger partial charge in [-0.3, -0.25) is 9.69 Å². The number of nitrogens with one attached hydrogen (secondary N) is 1. The summed E-state index contributed by atoms with van der Waals surface area (Å²) in [6, 6.07) is 7.53. The Bertz CT molecular complexity index is 1670. The van der Waals surface area contributed by atoms with Crippen molar-refractivity contribution in [1.82, 2.24) is 10.2 Å². The second kappa shape index (κ2) is 12.7. The Morgan fingerprint density at radius 1 is 0.882 bits per heavy atom. The largest absolute Gasteiger partial charge is 0.478 e. The summed E-state index contributed by atoms with van der Waals surface area (Å²) in [5.74, 6) is 3.05. The first-order chi connectivity index (χ1) is 23.9. The molecule has 51 heavy (non-hydrogen) atoms. The number of carboxylic acid groups (broad SMARTS) is 1. The number of amides is 1. The van der Waals surface area contributed by atoms with Crippen molar-refractivity contribution in [2.24, 2.45) is 62.6 Å². The van der Waals surface area contributed by atoms with Crippen LogP contribution in [0.25, 0.3) is 5.57 Å². The van der Waals surface area contributed by atoms with Crippen molar-refractivity contribution >= 4 is 27.3 Å². The quantitative estimate of drug-likeness (QED) is 0.296. The second-order valence-corrected chi connectivity index (χ2v) is 21.8. The lowest BCUT2D eigenvalue weighted by molar-refractivity contribution is -0.227. The van der Waals surface area contributed by atoms with Crippen LogP contribution in [0.1, 0.15) is 122 Å². The molecule has 0 unspecified atom stereocenters. The number of hydrogen-bond donors (Lipinski definition) is 2. The minimum Gasteiger partial charge on any atom is -0.478 e. The number of benzene rings is 1. The van der Waals surface area contributed by atoms with E-state index in [0.29, 0.717) is 60.7 Å². The zero-order valence-corrected chi connectivity index (χ0v) is 33.2. The van der Waals surface area contributed by atoms with Gasteiger partial charge in [-0.1, -0.05) is 66.7 Å². The standard InChI is InChI=1S/C43H64N2O5S/c1-28(2)31-14-19-43(38(48)44-22-23-45-24-26-51(49,50)27-25-45)21-20-41(6)33(36(31)43)12-13-35-40(5)17-15-32(29-8-10-30(11-9-29)37(46)47)39(3,4)34(40)16-18-42(35,41)7/h8-11,15,28,31,33-36H,12-14,16-27H2,1-7H3,(H,44,48)(H,46,47)/t31-,33+,34-,35+,36+,40-,41+,42+,43-/m0/s1. The van der Waals surface area contributed by atoms with Crippen LogP contribution in [-0.4, -0.2) is 68.0 Å². The molecule has 8 heteroatoms. The maximum atomic E-state index is 14.5. The molecule has 9 atom stereocenters. The highest BCUT2D eigenvalue weighted by Crippen LogP contribution is 2.77. The van der Waals surface area contributed by atoms with Gasteiger partial charge in [-0.25, -0.2) is 13.2 Å². The van der Waals surface area contributed by atoms with E-state index in [1.807, 2.05) is 12.1 Å². The summed E-state index contributed by atoms with van der Waals surface area (Å²) in [7, 11) is -2.91. The summed E-state index contributed by atoms with van der Waals surface area (Å²) in [5.41, 5.74) is 3.11. The van der Waals surface area contributed by atoms with Gasteiger partial charge in [0.25, 0.3) is 0 Å². The fourth-order valence-corrected chi connectivity index (χ4v) is 15.4. The molecule has 7 rings (SSSR count). The molecular weight excluding hydrogens is 657 g/mol. The first-order valence-corrected chi connectivity index (χ1v) is 22.0. The van der Waals surface area contributed by atoms with Crippen LogP contribution >= 0.6 is 0 Å². The van der Waals surface area contributed by atoms with Crippen molar-refractivity contribution in [3.8, 4) is 0 Å². The van der Waals surface area contributed by atoms with E-state index < -0.39 is 15.8 Å². The maximum Gasteiger partial charge on any atom is 0.335 e. The molecule has 6 aliphatic rings. The number of sulfone groups is 1. The Labute approximate surface area is 307 Å². The summed E-state index contributed by atoms with van der Waals surface area (Å²) >= 11 is 0. The lowest BCUT2D eigenvalue weighted by Gasteiger charge is -2.72. The van der Waals surface area contributed by atoms with Gasteiger partial charge in [0.2, 0.25) is 5.91 Å². The lowest BCUT2D eigenvalue weighted by Crippen LogP contribution is -2.66. The fourth-order valence-electron chi connectivity index (χ4n) is 14.2. The van der Waals surface area contributed by atoms with Gasteiger partial charge in [-0.15, -0.1) is 0 Å². The lowest BCUT2D eigenvalue weighted by atomic mass is 9.32. The summed E-state index contributed by atoms with van der Waals surface area (Å²) in [4.78, 5) is 28.3. The molecule has 5 fully saturated rings. The Morgan fingerprint density at radius 3 is 2.22 bits per heavy atom. The summed E-state index contributed by atoms with van der Waals surface area (Å²) < 4.78 is 23.9. The molecule has 1 aromatic rings. The molecule has 1 heterocycles. The molecule has 282 valence electrons. The molecule has 1 amide bonds. The maximum absolute atomic E-state index is 14.5. The van der Waals surface area contributed by atoms with E-state index in [2.05, 4.69) is 64.8 Å². The smallest absolute Gasteiger partial charge is 0.335 e. The molecule has 0 radical (unpaired) electrons. The number of nitrogens with zero attached hydrogens (tertiary/aromatic N) is 1. The van der Waals surface area contributed by atoms with Crippen LogP contribution in [-0.2, 0) is 14.6 Å². The van der Waals surface area contributed by atoms with Gasteiger partial charge in [0.05, 0.1) is 22.5 Å². The fraction of sp³-hybridized carbons (Fsp3) is 0.767. The van der Waals surface area contributed by atoms with Crippen molar-refractivity contribution in [1.29, 1.82) is 0 Å². The van der Waals surface area contributed by atoms with Crippen molar-refractivity contribution in [2.45, 2.75) is 106 Å².